The van der Waals surface area contributed by atoms with Crippen LogP contribution in [0.1, 0.15) is 24.1 Å². The van der Waals surface area contributed by atoms with Gasteiger partial charge in [-0.15, -0.1) is 0 Å². The molecule has 0 aliphatic rings. The summed E-state index contributed by atoms with van der Waals surface area (Å²) in [7, 11) is 0. The fourth-order valence-electron chi connectivity index (χ4n) is 1.82. The minimum absolute atomic E-state index is 0.0253. The summed E-state index contributed by atoms with van der Waals surface area (Å²) in [5, 5.41) is 3.32. The molecule has 0 aromatic heterocycles. The van der Waals surface area contributed by atoms with E-state index < -0.39 is 0 Å². The number of hydrogen-bond acceptors (Lipinski definition) is 1. The van der Waals surface area contributed by atoms with E-state index in [-0.39, 0.29) is 11.9 Å². The van der Waals surface area contributed by atoms with Gasteiger partial charge in [0.2, 0.25) is 0 Å². The van der Waals surface area contributed by atoms with E-state index in [1.165, 1.54) is 11.6 Å². The molecule has 1 N–H and O–H groups in total. The summed E-state index contributed by atoms with van der Waals surface area (Å²) in [5.74, 6) is -0.175. The Hall–Kier alpha value is -1.19. The van der Waals surface area contributed by atoms with Crippen LogP contribution in [0, 0.1) is 5.82 Å². The molecule has 1 nitrogen and oxygen atoms in total. The van der Waals surface area contributed by atoms with Gasteiger partial charge in [0, 0.05) is 22.6 Å². The molecule has 94 valence electrons. The van der Waals surface area contributed by atoms with Gasteiger partial charge in [-0.1, -0.05) is 46.3 Å². The van der Waals surface area contributed by atoms with Gasteiger partial charge < -0.3 is 5.32 Å². The lowest BCUT2D eigenvalue weighted by Crippen LogP contribution is -2.19. The summed E-state index contributed by atoms with van der Waals surface area (Å²) in [5.41, 5.74) is 1.88. The van der Waals surface area contributed by atoms with Crippen LogP contribution < -0.4 is 5.32 Å². The van der Waals surface area contributed by atoms with Gasteiger partial charge in [0.15, 0.2) is 0 Å². The Labute approximate surface area is 115 Å². The standard InChI is InChI=1S/C15H15BrFN/c1-11(14-9-13(16)7-8-15(14)17)18-10-12-5-3-2-4-6-12/h2-9,11,18H,10H2,1H3. The lowest BCUT2D eigenvalue weighted by molar-refractivity contribution is 0.528. The van der Waals surface area contributed by atoms with Gasteiger partial charge in [0.25, 0.3) is 0 Å². The van der Waals surface area contributed by atoms with Crippen LogP contribution in [0.4, 0.5) is 4.39 Å². The Morgan fingerprint density at radius 3 is 2.61 bits per heavy atom. The molecule has 0 aliphatic carbocycles. The smallest absolute Gasteiger partial charge is 0.128 e. The molecule has 1 unspecified atom stereocenters. The minimum atomic E-state index is -0.175. The SMILES string of the molecule is CC(NCc1ccccc1)c1cc(Br)ccc1F. The monoisotopic (exact) mass is 307 g/mol. The Kier molecular flexibility index (Phi) is 4.50. The predicted octanol–water partition coefficient (Wildman–Crippen LogP) is 4.44. The van der Waals surface area contributed by atoms with Gasteiger partial charge in [-0.2, -0.15) is 0 Å². The molecule has 0 spiro atoms. The molecule has 2 rings (SSSR count). The van der Waals surface area contributed by atoms with Crippen molar-refractivity contribution in [1.82, 2.24) is 5.32 Å². The van der Waals surface area contributed by atoms with Crippen molar-refractivity contribution in [3.63, 3.8) is 0 Å². The van der Waals surface area contributed by atoms with Crippen molar-refractivity contribution in [2.75, 3.05) is 0 Å². The molecular weight excluding hydrogens is 293 g/mol. The van der Waals surface area contributed by atoms with Crippen LogP contribution in [0.15, 0.2) is 53.0 Å². The zero-order valence-corrected chi connectivity index (χ0v) is 11.7. The number of hydrogen-bond donors (Lipinski definition) is 1. The van der Waals surface area contributed by atoms with Gasteiger partial charge in [-0.3, -0.25) is 0 Å². The van der Waals surface area contributed by atoms with E-state index in [2.05, 4.69) is 33.4 Å². The fourth-order valence-corrected chi connectivity index (χ4v) is 2.20. The van der Waals surface area contributed by atoms with Crippen LogP contribution in [0.25, 0.3) is 0 Å². The van der Waals surface area contributed by atoms with E-state index in [1.807, 2.05) is 31.2 Å². The first-order chi connectivity index (χ1) is 8.66. The third-order valence-corrected chi connectivity index (χ3v) is 3.37. The number of halogens is 2. The Morgan fingerprint density at radius 1 is 1.17 bits per heavy atom. The summed E-state index contributed by atoms with van der Waals surface area (Å²) in [6.07, 6.45) is 0. The second-order valence-electron chi connectivity index (χ2n) is 4.25. The highest BCUT2D eigenvalue weighted by atomic mass is 79.9. The van der Waals surface area contributed by atoms with Crippen LogP contribution in [-0.4, -0.2) is 0 Å². The molecule has 0 bridgehead atoms. The second-order valence-corrected chi connectivity index (χ2v) is 5.17. The quantitative estimate of drug-likeness (QED) is 0.880. The first-order valence-corrected chi connectivity index (χ1v) is 6.68. The minimum Gasteiger partial charge on any atom is -0.306 e. The summed E-state index contributed by atoms with van der Waals surface area (Å²) in [6.45, 7) is 2.70. The zero-order chi connectivity index (χ0) is 13.0. The van der Waals surface area contributed by atoms with Gasteiger partial charge >= 0.3 is 0 Å². The van der Waals surface area contributed by atoms with Crippen LogP contribution in [0.5, 0.6) is 0 Å². The van der Waals surface area contributed by atoms with Crippen LogP contribution in [0.2, 0.25) is 0 Å². The van der Waals surface area contributed by atoms with E-state index >= 15 is 0 Å². The van der Waals surface area contributed by atoms with Crippen molar-refractivity contribution in [1.29, 1.82) is 0 Å². The van der Waals surface area contributed by atoms with E-state index in [1.54, 1.807) is 6.07 Å². The van der Waals surface area contributed by atoms with Crippen LogP contribution in [-0.2, 0) is 6.54 Å². The number of rotatable bonds is 4. The van der Waals surface area contributed by atoms with E-state index in [0.717, 1.165) is 11.0 Å². The lowest BCUT2D eigenvalue weighted by Gasteiger charge is -2.15. The Balaban J connectivity index is 2.03. The Morgan fingerprint density at radius 2 is 1.89 bits per heavy atom. The summed E-state index contributed by atoms with van der Waals surface area (Å²) >= 11 is 3.37. The molecule has 0 saturated carbocycles. The van der Waals surface area contributed by atoms with Gasteiger partial charge in [0.1, 0.15) is 5.82 Å². The molecular formula is C15H15BrFN. The molecule has 3 heteroatoms. The third kappa shape index (κ3) is 3.40. The highest BCUT2D eigenvalue weighted by Gasteiger charge is 2.10. The van der Waals surface area contributed by atoms with Crippen molar-refractivity contribution in [3.8, 4) is 0 Å². The van der Waals surface area contributed by atoms with E-state index in [0.29, 0.717) is 5.56 Å². The van der Waals surface area contributed by atoms with Crippen LogP contribution in [0.3, 0.4) is 0 Å². The maximum Gasteiger partial charge on any atom is 0.128 e. The maximum atomic E-state index is 13.7. The Bertz CT molecular complexity index is 513. The zero-order valence-electron chi connectivity index (χ0n) is 10.2. The molecule has 2 aromatic carbocycles. The van der Waals surface area contributed by atoms with E-state index in [9.17, 15) is 4.39 Å². The highest BCUT2D eigenvalue weighted by molar-refractivity contribution is 9.10. The molecule has 2 aromatic rings. The van der Waals surface area contributed by atoms with Gasteiger partial charge in [-0.25, -0.2) is 4.39 Å². The molecule has 0 aliphatic heterocycles. The summed E-state index contributed by atoms with van der Waals surface area (Å²) < 4.78 is 14.6. The fraction of sp³-hybridized carbons (Fsp3) is 0.200. The average molecular weight is 308 g/mol. The molecule has 0 fully saturated rings. The molecule has 0 heterocycles. The van der Waals surface area contributed by atoms with Crippen molar-refractivity contribution in [2.24, 2.45) is 0 Å². The van der Waals surface area contributed by atoms with Crippen molar-refractivity contribution in [2.45, 2.75) is 19.5 Å². The second kappa shape index (κ2) is 6.12. The summed E-state index contributed by atoms with van der Waals surface area (Å²) in [6, 6.07) is 15.1. The maximum absolute atomic E-state index is 13.7. The topological polar surface area (TPSA) is 12.0 Å². The van der Waals surface area contributed by atoms with Crippen molar-refractivity contribution in [3.05, 3.63) is 69.9 Å². The normalized spacial score (nSPS) is 12.4. The first-order valence-electron chi connectivity index (χ1n) is 5.89. The molecule has 1 atom stereocenters. The molecule has 0 radical (unpaired) electrons. The summed E-state index contributed by atoms with van der Waals surface area (Å²) in [4.78, 5) is 0. The van der Waals surface area contributed by atoms with Gasteiger partial charge in [0.05, 0.1) is 0 Å². The molecule has 18 heavy (non-hydrogen) atoms. The van der Waals surface area contributed by atoms with Gasteiger partial charge in [-0.05, 0) is 30.7 Å². The van der Waals surface area contributed by atoms with Crippen LogP contribution >= 0.6 is 15.9 Å². The first kappa shape index (κ1) is 13.2. The molecule has 0 saturated heterocycles. The van der Waals surface area contributed by atoms with E-state index in [4.69, 9.17) is 0 Å². The number of benzene rings is 2. The number of nitrogens with one attached hydrogen (secondary N) is 1. The van der Waals surface area contributed by atoms with Crippen molar-refractivity contribution < 1.29 is 4.39 Å². The van der Waals surface area contributed by atoms with Crippen molar-refractivity contribution >= 4 is 15.9 Å². The predicted molar refractivity (Wildman–Crippen MR) is 75.8 cm³/mol. The molecule has 0 amide bonds. The lowest BCUT2D eigenvalue weighted by atomic mass is 10.1. The third-order valence-electron chi connectivity index (χ3n) is 2.88. The highest BCUT2D eigenvalue weighted by Crippen LogP contribution is 2.21. The largest absolute Gasteiger partial charge is 0.306 e. The average Bonchev–Trinajstić information content (AvgIpc) is 2.40.